The number of benzene rings is 2. The zero-order chi connectivity index (χ0) is 16.0. The van der Waals surface area contributed by atoms with Gasteiger partial charge in [-0.3, -0.25) is 0 Å². The van der Waals surface area contributed by atoms with Gasteiger partial charge in [-0.2, -0.15) is 0 Å². The van der Waals surface area contributed by atoms with Crippen LogP contribution in [-0.4, -0.2) is 11.1 Å². The SMILES string of the molecule is Cc1cc(-c2c(C(=O)O)sc3cc(Cl)ccc23)c(F)cc1F. The number of hydrogen-bond donors (Lipinski definition) is 1. The molecule has 22 heavy (non-hydrogen) atoms. The molecule has 0 atom stereocenters. The van der Waals surface area contributed by atoms with Crippen LogP contribution >= 0.6 is 22.9 Å². The van der Waals surface area contributed by atoms with Crippen LogP contribution < -0.4 is 0 Å². The third kappa shape index (κ3) is 2.36. The van der Waals surface area contributed by atoms with Crippen molar-refractivity contribution in [3.05, 3.63) is 57.4 Å². The molecule has 2 aromatic carbocycles. The van der Waals surface area contributed by atoms with Gasteiger partial charge in [0.2, 0.25) is 0 Å². The normalized spacial score (nSPS) is 11.1. The first-order chi connectivity index (χ1) is 10.4. The standard InChI is InChI=1S/C16H9ClF2O2S/c1-7-4-10(12(19)6-11(7)18)14-9-3-2-8(17)5-13(9)22-15(14)16(20)21/h2-6H,1H3,(H,20,21). The second-order valence-electron chi connectivity index (χ2n) is 4.83. The van der Waals surface area contributed by atoms with Gasteiger partial charge in [0.1, 0.15) is 16.5 Å². The Labute approximate surface area is 133 Å². The Kier molecular flexibility index (Phi) is 3.62. The molecule has 1 heterocycles. The quantitative estimate of drug-likeness (QED) is 0.669. The largest absolute Gasteiger partial charge is 0.477 e. The molecule has 1 N–H and O–H groups in total. The van der Waals surface area contributed by atoms with E-state index in [1.165, 1.54) is 13.0 Å². The van der Waals surface area contributed by atoms with Crippen molar-refractivity contribution in [2.75, 3.05) is 0 Å². The van der Waals surface area contributed by atoms with E-state index in [-0.39, 0.29) is 21.6 Å². The van der Waals surface area contributed by atoms with Gasteiger partial charge in [0.05, 0.1) is 0 Å². The van der Waals surface area contributed by atoms with Crippen molar-refractivity contribution in [2.24, 2.45) is 0 Å². The zero-order valence-corrected chi connectivity index (χ0v) is 12.9. The zero-order valence-electron chi connectivity index (χ0n) is 11.3. The molecule has 2 nitrogen and oxygen atoms in total. The molecule has 1 aromatic heterocycles. The second kappa shape index (κ2) is 5.34. The van der Waals surface area contributed by atoms with Gasteiger partial charge in [-0.1, -0.05) is 17.7 Å². The Balaban J connectivity index is 2.41. The van der Waals surface area contributed by atoms with Gasteiger partial charge < -0.3 is 5.11 Å². The van der Waals surface area contributed by atoms with E-state index >= 15 is 0 Å². The van der Waals surface area contributed by atoms with Crippen LogP contribution in [0.15, 0.2) is 30.3 Å². The van der Waals surface area contributed by atoms with Crippen LogP contribution in [0.4, 0.5) is 8.78 Å². The Morgan fingerprint density at radius 1 is 1.18 bits per heavy atom. The third-order valence-corrected chi connectivity index (χ3v) is 4.74. The van der Waals surface area contributed by atoms with Gasteiger partial charge in [-0.05, 0) is 30.7 Å². The minimum atomic E-state index is -1.16. The highest BCUT2D eigenvalue weighted by atomic mass is 35.5. The Morgan fingerprint density at radius 3 is 2.59 bits per heavy atom. The summed E-state index contributed by atoms with van der Waals surface area (Å²) in [4.78, 5) is 11.5. The maximum absolute atomic E-state index is 14.2. The first-order valence-electron chi connectivity index (χ1n) is 6.30. The maximum atomic E-state index is 14.2. The van der Waals surface area contributed by atoms with Gasteiger partial charge in [0.15, 0.2) is 0 Å². The number of fused-ring (bicyclic) bond motifs is 1. The maximum Gasteiger partial charge on any atom is 0.346 e. The lowest BCUT2D eigenvalue weighted by molar-refractivity contribution is 0.0703. The summed E-state index contributed by atoms with van der Waals surface area (Å²) in [5, 5.41) is 10.4. The molecule has 0 bridgehead atoms. The molecule has 3 rings (SSSR count). The summed E-state index contributed by atoms with van der Waals surface area (Å²) in [6.07, 6.45) is 0. The van der Waals surface area contributed by atoms with Crippen LogP contribution in [0.2, 0.25) is 5.02 Å². The summed E-state index contributed by atoms with van der Waals surface area (Å²) in [5.74, 6) is -2.62. The first-order valence-corrected chi connectivity index (χ1v) is 7.49. The van der Waals surface area contributed by atoms with E-state index in [9.17, 15) is 18.7 Å². The van der Waals surface area contributed by atoms with E-state index in [0.29, 0.717) is 15.1 Å². The minimum absolute atomic E-state index is 0.00201. The van der Waals surface area contributed by atoms with Crippen molar-refractivity contribution in [2.45, 2.75) is 6.92 Å². The van der Waals surface area contributed by atoms with Gasteiger partial charge in [0.25, 0.3) is 0 Å². The average molecular weight is 339 g/mol. The predicted octanol–water partition coefficient (Wildman–Crippen LogP) is 5.51. The minimum Gasteiger partial charge on any atom is -0.477 e. The highest BCUT2D eigenvalue weighted by Crippen LogP contribution is 2.41. The number of rotatable bonds is 2. The molecule has 0 saturated carbocycles. The fourth-order valence-electron chi connectivity index (χ4n) is 2.34. The molecule has 0 unspecified atom stereocenters. The van der Waals surface area contributed by atoms with E-state index < -0.39 is 17.6 Å². The van der Waals surface area contributed by atoms with E-state index in [1.807, 2.05) is 0 Å². The van der Waals surface area contributed by atoms with Crippen LogP contribution in [0.3, 0.4) is 0 Å². The van der Waals surface area contributed by atoms with Gasteiger partial charge in [0, 0.05) is 32.3 Å². The number of carbonyl (C=O) groups is 1. The summed E-state index contributed by atoms with van der Waals surface area (Å²) >= 11 is 6.93. The molecule has 0 fully saturated rings. The molecule has 0 spiro atoms. The number of aromatic carboxylic acids is 1. The topological polar surface area (TPSA) is 37.3 Å². The fraction of sp³-hybridized carbons (Fsp3) is 0.0625. The van der Waals surface area contributed by atoms with Crippen molar-refractivity contribution in [3.8, 4) is 11.1 Å². The smallest absolute Gasteiger partial charge is 0.346 e. The van der Waals surface area contributed by atoms with Crippen LogP contribution in [0.25, 0.3) is 21.2 Å². The Morgan fingerprint density at radius 2 is 1.91 bits per heavy atom. The molecule has 112 valence electrons. The lowest BCUT2D eigenvalue weighted by Gasteiger charge is -2.07. The van der Waals surface area contributed by atoms with Gasteiger partial charge in [-0.25, -0.2) is 13.6 Å². The molecular formula is C16H9ClF2O2S. The van der Waals surface area contributed by atoms with E-state index in [1.54, 1.807) is 18.2 Å². The summed E-state index contributed by atoms with van der Waals surface area (Å²) in [5.41, 5.74) is 0.579. The molecule has 0 saturated heterocycles. The number of carboxylic acids is 1. The van der Waals surface area contributed by atoms with Gasteiger partial charge >= 0.3 is 5.97 Å². The van der Waals surface area contributed by atoms with Crippen molar-refractivity contribution >= 4 is 39.0 Å². The molecule has 3 aromatic rings. The third-order valence-electron chi connectivity index (χ3n) is 3.36. The Bertz CT molecular complexity index is 918. The molecule has 0 aliphatic rings. The lowest BCUT2D eigenvalue weighted by atomic mass is 9.99. The second-order valence-corrected chi connectivity index (χ2v) is 6.32. The van der Waals surface area contributed by atoms with Crippen molar-refractivity contribution in [3.63, 3.8) is 0 Å². The number of carboxylic acid groups (broad SMARTS) is 1. The van der Waals surface area contributed by atoms with Crippen LogP contribution in [0, 0.1) is 18.6 Å². The fourth-order valence-corrected chi connectivity index (χ4v) is 3.67. The monoisotopic (exact) mass is 338 g/mol. The molecule has 0 aliphatic heterocycles. The summed E-state index contributed by atoms with van der Waals surface area (Å²) < 4.78 is 28.3. The van der Waals surface area contributed by atoms with Crippen LogP contribution in [0.5, 0.6) is 0 Å². The highest BCUT2D eigenvalue weighted by molar-refractivity contribution is 7.21. The molecule has 0 radical (unpaired) electrons. The number of aryl methyl sites for hydroxylation is 1. The Hall–Kier alpha value is -1.98. The molecular weight excluding hydrogens is 330 g/mol. The number of thiophene rings is 1. The van der Waals surface area contributed by atoms with E-state index in [0.717, 1.165) is 17.4 Å². The highest BCUT2D eigenvalue weighted by Gasteiger charge is 2.22. The average Bonchev–Trinajstić information content (AvgIpc) is 2.81. The van der Waals surface area contributed by atoms with E-state index in [4.69, 9.17) is 11.6 Å². The predicted molar refractivity (Wildman–Crippen MR) is 83.9 cm³/mol. The van der Waals surface area contributed by atoms with Crippen LogP contribution in [-0.2, 0) is 0 Å². The molecule has 6 heteroatoms. The number of halogens is 3. The summed E-state index contributed by atoms with van der Waals surface area (Å²) in [6, 6.07) is 6.99. The lowest BCUT2D eigenvalue weighted by Crippen LogP contribution is -1.97. The van der Waals surface area contributed by atoms with Crippen molar-refractivity contribution < 1.29 is 18.7 Å². The van der Waals surface area contributed by atoms with Crippen LogP contribution in [0.1, 0.15) is 15.2 Å². The number of hydrogen-bond acceptors (Lipinski definition) is 2. The summed E-state index contributed by atoms with van der Waals surface area (Å²) in [7, 11) is 0. The molecule has 0 aliphatic carbocycles. The van der Waals surface area contributed by atoms with Crippen molar-refractivity contribution in [1.29, 1.82) is 0 Å². The van der Waals surface area contributed by atoms with Crippen molar-refractivity contribution in [1.82, 2.24) is 0 Å². The first kappa shape index (κ1) is 14.9. The molecule has 0 amide bonds. The summed E-state index contributed by atoms with van der Waals surface area (Å²) in [6.45, 7) is 1.50. The van der Waals surface area contributed by atoms with E-state index in [2.05, 4.69) is 0 Å². The van der Waals surface area contributed by atoms with Gasteiger partial charge in [-0.15, -0.1) is 11.3 Å².